The van der Waals surface area contributed by atoms with Gasteiger partial charge in [0.1, 0.15) is 17.0 Å². The predicted molar refractivity (Wildman–Crippen MR) is 84.7 cm³/mol. The lowest BCUT2D eigenvalue weighted by atomic mass is 10.0. The summed E-state index contributed by atoms with van der Waals surface area (Å²) in [6.07, 6.45) is 10.8. The van der Waals surface area contributed by atoms with Crippen LogP contribution < -0.4 is 10.0 Å². The van der Waals surface area contributed by atoms with E-state index in [0.29, 0.717) is 6.41 Å². The topological polar surface area (TPSA) is 75.3 Å². The lowest BCUT2D eigenvalue weighted by molar-refractivity contribution is -0.124. The second kappa shape index (κ2) is 9.71. The maximum atomic E-state index is 12.1. The highest BCUT2D eigenvalue weighted by molar-refractivity contribution is 7.84. The summed E-state index contributed by atoms with van der Waals surface area (Å²) in [5.74, 6) is -0.508. The number of unbranched alkanes of at least 4 members (excludes halogenated alkanes) is 3. The molecule has 5 nitrogen and oxygen atoms in total. The van der Waals surface area contributed by atoms with Crippen molar-refractivity contribution in [3.8, 4) is 0 Å². The molecule has 1 saturated carbocycles. The molecule has 0 aromatic rings. The second-order valence-electron chi connectivity index (χ2n) is 5.51. The van der Waals surface area contributed by atoms with Crippen LogP contribution in [0.3, 0.4) is 0 Å². The van der Waals surface area contributed by atoms with Gasteiger partial charge in [-0.15, -0.1) is 0 Å². The molecule has 0 heterocycles. The summed E-state index contributed by atoms with van der Waals surface area (Å²) < 4.78 is 14.2. The molecule has 0 aliphatic heterocycles. The monoisotopic (exact) mass is 314 g/mol. The minimum Gasteiger partial charge on any atom is -0.346 e. The lowest BCUT2D eigenvalue weighted by Crippen LogP contribution is -2.48. The first-order chi connectivity index (χ1) is 10.1. The summed E-state index contributed by atoms with van der Waals surface area (Å²) in [6.45, 7) is 4.03. The standard InChI is InChI=1S/C15H26N2O3S/c1-3-4-5-6-7-8-12(2)14(16-11-18)15(19)17-21(20)13-9-10-13/h7-8,11-14H,3-6,9-10H2,1-2H3,(H,16,18)(H,17,19)/b8-7-. The first-order valence-electron chi connectivity index (χ1n) is 7.67. The summed E-state index contributed by atoms with van der Waals surface area (Å²) >= 11 is 0. The van der Waals surface area contributed by atoms with Crippen molar-refractivity contribution in [2.24, 2.45) is 5.92 Å². The maximum Gasteiger partial charge on any atom is 0.254 e. The van der Waals surface area contributed by atoms with Crippen LogP contribution in [0.25, 0.3) is 0 Å². The highest BCUT2D eigenvalue weighted by atomic mass is 32.2. The quantitative estimate of drug-likeness (QED) is 0.347. The van der Waals surface area contributed by atoms with Gasteiger partial charge in [-0.25, -0.2) is 4.21 Å². The van der Waals surface area contributed by atoms with Crippen molar-refractivity contribution in [2.75, 3.05) is 0 Å². The molecule has 6 heteroatoms. The Morgan fingerprint density at radius 1 is 1.38 bits per heavy atom. The summed E-state index contributed by atoms with van der Waals surface area (Å²) in [4.78, 5) is 22.8. The molecule has 1 rings (SSSR count). The third kappa shape index (κ3) is 6.89. The van der Waals surface area contributed by atoms with Gasteiger partial charge in [0.25, 0.3) is 5.91 Å². The zero-order chi connectivity index (χ0) is 15.7. The van der Waals surface area contributed by atoms with E-state index in [-0.39, 0.29) is 17.1 Å². The second-order valence-corrected chi connectivity index (χ2v) is 6.97. The summed E-state index contributed by atoms with van der Waals surface area (Å²) in [5.41, 5.74) is 0. The minimum atomic E-state index is -1.32. The highest BCUT2D eigenvalue weighted by Crippen LogP contribution is 2.24. The van der Waals surface area contributed by atoms with E-state index < -0.39 is 17.0 Å². The van der Waals surface area contributed by atoms with Gasteiger partial charge in [0.2, 0.25) is 6.41 Å². The fourth-order valence-electron chi connectivity index (χ4n) is 2.00. The van der Waals surface area contributed by atoms with E-state index >= 15 is 0 Å². The van der Waals surface area contributed by atoms with E-state index in [2.05, 4.69) is 17.0 Å². The normalized spacial score (nSPS) is 19.0. The number of hydrogen-bond donors (Lipinski definition) is 2. The molecule has 120 valence electrons. The lowest BCUT2D eigenvalue weighted by Gasteiger charge is -2.19. The number of allylic oxidation sites excluding steroid dienone is 1. The average Bonchev–Trinajstić information content (AvgIpc) is 3.28. The number of carbonyl (C=O) groups is 2. The molecule has 1 aliphatic rings. The molecule has 0 spiro atoms. The van der Waals surface area contributed by atoms with Gasteiger partial charge in [-0.2, -0.15) is 0 Å². The fourth-order valence-corrected chi connectivity index (χ4v) is 3.06. The summed E-state index contributed by atoms with van der Waals surface area (Å²) in [5, 5.41) is 2.61. The van der Waals surface area contributed by atoms with Crippen molar-refractivity contribution in [3.05, 3.63) is 12.2 Å². The Morgan fingerprint density at radius 2 is 2.10 bits per heavy atom. The van der Waals surface area contributed by atoms with Gasteiger partial charge in [-0.05, 0) is 25.7 Å². The molecule has 0 bridgehead atoms. The molecule has 2 amide bonds. The first-order valence-corrected chi connectivity index (χ1v) is 8.88. The van der Waals surface area contributed by atoms with E-state index in [4.69, 9.17) is 0 Å². The van der Waals surface area contributed by atoms with Crippen molar-refractivity contribution in [2.45, 2.75) is 63.7 Å². The van der Waals surface area contributed by atoms with Crippen LogP contribution in [0.4, 0.5) is 0 Å². The van der Waals surface area contributed by atoms with Crippen LogP contribution in [0.1, 0.15) is 52.4 Å². The Labute approximate surface area is 129 Å². The molecule has 1 fully saturated rings. The van der Waals surface area contributed by atoms with E-state index in [1.54, 1.807) is 0 Å². The Hall–Kier alpha value is -1.17. The Bertz CT molecular complexity index is 394. The zero-order valence-electron chi connectivity index (χ0n) is 12.8. The molecule has 0 aromatic heterocycles. The van der Waals surface area contributed by atoms with Crippen LogP contribution in [-0.4, -0.2) is 27.8 Å². The van der Waals surface area contributed by atoms with Crippen molar-refractivity contribution >= 4 is 23.3 Å². The Kier molecular flexibility index (Phi) is 8.27. The van der Waals surface area contributed by atoms with Crippen LogP contribution in [0.2, 0.25) is 0 Å². The van der Waals surface area contributed by atoms with Crippen molar-refractivity contribution in [3.63, 3.8) is 0 Å². The van der Waals surface area contributed by atoms with Crippen LogP contribution >= 0.6 is 0 Å². The largest absolute Gasteiger partial charge is 0.346 e. The van der Waals surface area contributed by atoms with Crippen LogP contribution in [0.5, 0.6) is 0 Å². The molecule has 21 heavy (non-hydrogen) atoms. The smallest absolute Gasteiger partial charge is 0.254 e. The minimum absolute atomic E-state index is 0.0886. The third-order valence-corrected chi connectivity index (χ3v) is 4.98. The molecule has 0 radical (unpaired) electrons. The summed E-state index contributed by atoms with van der Waals surface area (Å²) in [7, 11) is -1.32. The van der Waals surface area contributed by atoms with E-state index in [0.717, 1.165) is 25.7 Å². The summed E-state index contributed by atoms with van der Waals surface area (Å²) in [6, 6.07) is -0.673. The van der Waals surface area contributed by atoms with Gasteiger partial charge in [0.15, 0.2) is 0 Å². The van der Waals surface area contributed by atoms with Gasteiger partial charge < -0.3 is 5.32 Å². The van der Waals surface area contributed by atoms with Crippen LogP contribution in [-0.2, 0) is 20.6 Å². The van der Waals surface area contributed by atoms with Crippen molar-refractivity contribution < 1.29 is 13.8 Å². The molecule has 0 aromatic carbocycles. The van der Waals surface area contributed by atoms with E-state index in [9.17, 15) is 13.8 Å². The Morgan fingerprint density at radius 3 is 2.67 bits per heavy atom. The van der Waals surface area contributed by atoms with Gasteiger partial charge in [-0.3, -0.25) is 14.3 Å². The van der Waals surface area contributed by atoms with Gasteiger partial charge >= 0.3 is 0 Å². The number of rotatable bonds is 11. The average molecular weight is 314 g/mol. The zero-order valence-corrected chi connectivity index (χ0v) is 13.7. The molecule has 2 N–H and O–H groups in total. The number of hydrogen-bond acceptors (Lipinski definition) is 3. The van der Waals surface area contributed by atoms with Gasteiger partial charge in [0, 0.05) is 5.92 Å². The van der Waals surface area contributed by atoms with Crippen molar-refractivity contribution in [1.29, 1.82) is 0 Å². The maximum absolute atomic E-state index is 12.1. The predicted octanol–water partition coefficient (Wildman–Crippen LogP) is 1.82. The highest BCUT2D eigenvalue weighted by Gasteiger charge is 2.32. The number of nitrogens with one attached hydrogen (secondary N) is 2. The third-order valence-electron chi connectivity index (χ3n) is 3.50. The van der Waals surface area contributed by atoms with Gasteiger partial charge in [0.05, 0.1) is 5.25 Å². The molecular formula is C15H26N2O3S. The van der Waals surface area contributed by atoms with Crippen LogP contribution in [0.15, 0.2) is 12.2 Å². The SMILES string of the molecule is CCCCC/C=C\C(C)C(NC=O)C(=O)NS(=O)C1CC1. The Balaban J connectivity index is 2.46. The fraction of sp³-hybridized carbons (Fsp3) is 0.733. The van der Waals surface area contributed by atoms with Crippen LogP contribution in [0, 0.1) is 5.92 Å². The number of carbonyl (C=O) groups excluding carboxylic acids is 2. The molecule has 1 aliphatic carbocycles. The molecule has 3 atom stereocenters. The van der Waals surface area contributed by atoms with E-state index in [1.807, 2.05) is 19.1 Å². The molecule has 3 unspecified atom stereocenters. The molecule has 0 saturated heterocycles. The van der Waals surface area contributed by atoms with Crippen molar-refractivity contribution in [1.82, 2.24) is 10.0 Å². The van der Waals surface area contributed by atoms with Gasteiger partial charge in [-0.1, -0.05) is 38.8 Å². The molecular weight excluding hydrogens is 288 g/mol. The number of amides is 2. The van der Waals surface area contributed by atoms with E-state index in [1.165, 1.54) is 12.8 Å². The first kappa shape index (κ1) is 17.9.